The van der Waals surface area contributed by atoms with Crippen molar-refractivity contribution in [2.45, 2.75) is 51.7 Å². The zero-order valence-corrected chi connectivity index (χ0v) is 13.0. The molecule has 4 heteroatoms. The van der Waals surface area contributed by atoms with E-state index in [1.165, 1.54) is 19.3 Å². The van der Waals surface area contributed by atoms with Gasteiger partial charge in [-0.2, -0.15) is 0 Å². The predicted molar refractivity (Wildman–Crippen MR) is 82.6 cm³/mol. The van der Waals surface area contributed by atoms with Crippen LogP contribution in [0.4, 0.5) is 0 Å². The fourth-order valence-corrected chi connectivity index (χ4v) is 2.87. The van der Waals surface area contributed by atoms with Crippen LogP contribution in [0.25, 0.3) is 0 Å². The van der Waals surface area contributed by atoms with E-state index in [1.54, 1.807) is 0 Å². The molecule has 1 aliphatic rings. The molecule has 0 radical (unpaired) electrons. The molecule has 0 saturated carbocycles. The van der Waals surface area contributed by atoms with Gasteiger partial charge in [-0.1, -0.05) is 49.9 Å². The van der Waals surface area contributed by atoms with Crippen LogP contribution in [0.15, 0.2) is 24.3 Å². The first kappa shape index (κ1) is 15.3. The number of rotatable bonds is 6. The molecule has 0 spiro atoms. The fourth-order valence-electron chi connectivity index (χ4n) is 2.68. The zero-order chi connectivity index (χ0) is 14.5. The summed E-state index contributed by atoms with van der Waals surface area (Å²) in [5.41, 5.74) is 1.06. The molecule has 2 atom stereocenters. The van der Waals surface area contributed by atoms with Gasteiger partial charge in [-0.25, -0.2) is 0 Å². The number of carbonyl (C=O) groups excluding carboxylic acids is 1. The van der Waals surface area contributed by atoms with Crippen molar-refractivity contribution in [1.82, 2.24) is 10.2 Å². The van der Waals surface area contributed by atoms with Gasteiger partial charge in [0.15, 0.2) is 0 Å². The van der Waals surface area contributed by atoms with Crippen molar-refractivity contribution in [3.63, 3.8) is 0 Å². The molecular formula is C16H23ClN2O. The molecule has 1 aromatic carbocycles. The predicted octanol–water partition coefficient (Wildman–Crippen LogP) is 3.74. The van der Waals surface area contributed by atoms with Gasteiger partial charge in [0.1, 0.15) is 6.17 Å². The Morgan fingerprint density at radius 1 is 1.30 bits per heavy atom. The molecule has 1 aromatic rings. The van der Waals surface area contributed by atoms with Crippen LogP contribution < -0.4 is 5.32 Å². The molecular weight excluding hydrogens is 272 g/mol. The van der Waals surface area contributed by atoms with Gasteiger partial charge in [0.25, 0.3) is 0 Å². The molecule has 0 aliphatic carbocycles. The summed E-state index contributed by atoms with van der Waals surface area (Å²) in [6, 6.07) is 7.63. The molecule has 0 aromatic heterocycles. The average Bonchev–Trinajstić information content (AvgIpc) is 2.71. The van der Waals surface area contributed by atoms with E-state index in [4.69, 9.17) is 11.6 Å². The van der Waals surface area contributed by atoms with Crippen molar-refractivity contribution in [3.05, 3.63) is 34.9 Å². The Hall–Kier alpha value is -1.06. The Kier molecular flexibility index (Phi) is 5.44. The molecule has 1 amide bonds. The Bertz CT molecular complexity index is 464. The number of nitrogens with zero attached hydrogens (tertiary/aromatic N) is 1. The minimum Gasteiger partial charge on any atom is -0.322 e. The third kappa shape index (κ3) is 3.53. The molecule has 2 unspecified atom stereocenters. The van der Waals surface area contributed by atoms with Crippen LogP contribution in [0.1, 0.15) is 51.3 Å². The summed E-state index contributed by atoms with van der Waals surface area (Å²) in [7, 11) is 0. The van der Waals surface area contributed by atoms with E-state index in [1.807, 2.05) is 36.1 Å². The molecule has 2 rings (SSSR count). The molecule has 1 saturated heterocycles. The highest BCUT2D eigenvalue weighted by molar-refractivity contribution is 6.30. The van der Waals surface area contributed by atoms with Crippen LogP contribution in [0, 0.1) is 0 Å². The maximum atomic E-state index is 12.3. The summed E-state index contributed by atoms with van der Waals surface area (Å²) in [4.78, 5) is 14.2. The van der Waals surface area contributed by atoms with E-state index >= 15 is 0 Å². The Morgan fingerprint density at radius 3 is 2.80 bits per heavy atom. The third-order valence-corrected chi connectivity index (χ3v) is 4.03. The van der Waals surface area contributed by atoms with E-state index in [2.05, 4.69) is 12.2 Å². The van der Waals surface area contributed by atoms with Crippen molar-refractivity contribution in [1.29, 1.82) is 0 Å². The minimum atomic E-state index is -0.120. The van der Waals surface area contributed by atoms with Crippen LogP contribution >= 0.6 is 11.6 Å². The molecule has 1 N–H and O–H groups in total. The van der Waals surface area contributed by atoms with Crippen molar-refractivity contribution >= 4 is 17.5 Å². The Morgan fingerprint density at radius 2 is 2.10 bits per heavy atom. The van der Waals surface area contributed by atoms with Gasteiger partial charge in [0, 0.05) is 11.6 Å². The molecule has 0 bridgehead atoms. The lowest BCUT2D eigenvalue weighted by Crippen LogP contribution is -2.31. The van der Waals surface area contributed by atoms with Crippen LogP contribution in [-0.4, -0.2) is 23.4 Å². The fraction of sp³-hybridized carbons (Fsp3) is 0.562. The zero-order valence-electron chi connectivity index (χ0n) is 12.2. The Balaban J connectivity index is 2.07. The maximum Gasteiger partial charge on any atom is 0.241 e. The summed E-state index contributed by atoms with van der Waals surface area (Å²) in [5, 5.41) is 4.07. The summed E-state index contributed by atoms with van der Waals surface area (Å²) < 4.78 is 0. The van der Waals surface area contributed by atoms with Crippen LogP contribution in [-0.2, 0) is 4.79 Å². The van der Waals surface area contributed by atoms with Gasteiger partial charge in [-0.05, 0) is 31.0 Å². The van der Waals surface area contributed by atoms with Gasteiger partial charge in [-0.15, -0.1) is 0 Å². The number of hydrogen-bond acceptors (Lipinski definition) is 2. The first-order valence-electron chi connectivity index (χ1n) is 7.45. The standard InChI is InChI=1S/C16H23ClN2O/c1-3-4-5-6-10-19-15(18-12(2)16(19)20)13-8-7-9-14(17)11-13/h7-9,11-12,15,18H,3-6,10H2,1-2H3. The van der Waals surface area contributed by atoms with E-state index in [0.29, 0.717) is 5.02 Å². The summed E-state index contributed by atoms with van der Waals surface area (Å²) in [6.07, 6.45) is 4.63. The van der Waals surface area contributed by atoms with Crippen molar-refractivity contribution in [2.75, 3.05) is 6.54 Å². The summed E-state index contributed by atoms with van der Waals surface area (Å²) in [5.74, 6) is 0.187. The van der Waals surface area contributed by atoms with Crippen molar-refractivity contribution < 1.29 is 4.79 Å². The highest BCUT2D eigenvalue weighted by atomic mass is 35.5. The maximum absolute atomic E-state index is 12.3. The lowest BCUT2D eigenvalue weighted by atomic mass is 10.1. The molecule has 20 heavy (non-hydrogen) atoms. The number of halogens is 1. The van der Waals surface area contributed by atoms with Gasteiger partial charge in [-0.3, -0.25) is 10.1 Å². The normalized spacial score (nSPS) is 22.6. The first-order valence-corrected chi connectivity index (χ1v) is 7.83. The SMILES string of the molecule is CCCCCCN1C(=O)C(C)NC1c1cccc(Cl)c1. The van der Waals surface area contributed by atoms with E-state index in [9.17, 15) is 4.79 Å². The Labute approximate surface area is 126 Å². The number of hydrogen-bond donors (Lipinski definition) is 1. The summed E-state index contributed by atoms with van der Waals surface area (Å²) in [6.45, 7) is 4.93. The number of benzene rings is 1. The highest BCUT2D eigenvalue weighted by Gasteiger charge is 2.36. The molecule has 3 nitrogen and oxygen atoms in total. The lowest BCUT2D eigenvalue weighted by Gasteiger charge is -2.24. The van der Waals surface area contributed by atoms with Gasteiger partial charge < -0.3 is 4.90 Å². The number of amides is 1. The molecule has 1 heterocycles. The topological polar surface area (TPSA) is 32.3 Å². The highest BCUT2D eigenvalue weighted by Crippen LogP contribution is 2.27. The molecule has 1 fully saturated rings. The minimum absolute atomic E-state index is 0.0437. The van der Waals surface area contributed by atoms with Crippen LogP contribution in [0.3, 0.4) is 0 Å². The monoisotopic (exact) mass is 294 g/mol. The molecule has 110 valence electrons. The second-order valence-corrected chi connectivity index (χ2v) is 5.87. The van der Waals surface area contributed by atoms with Gasteiger partial charge in [0.05, 0.1) is 6.04 Å². The van der Waals surface area contributed by atoms with Crippen molar-refractivity contribution in [3.8, 4) is 0 Å². The average molecular weight is 295 g/mol. The lowest BCUT2D eigenvalue weighted by molar-refractivity contribution is -0.129. The second kappa shape index (κ2) is 7.09. The van der Waals surface area contributed by atoms with E-state index in [0.717, 1.165) is 18.5 Å². The molecule has 1 aliphatic heterocycles. The smallest absolute Gasteiger partial charge is 0.241 e. The van der Waals surface area contributed by atoms with Crippen molar-refractivity contribution in [2.24, 2.45) is 0 Å². The van der Waals surface area contributed by atoms with Crippen LogP contribution in [0.5, 0.6) is 0 Å². The van der Waals surface area contributed by atoms with Crippen LogP contribution in [0.2, 0.25) is 5.02 Å². The first-order chi connectivity index (χ1) is 9.63. The second-order valence-electron chi connectivity index (χ2n) is 5.44. The largest absolute Gasteiger partial charge is 0.322 e. The van der Waals surface area contributed by atoms with Gasteiger partial charge in [0.2, 0.25) is 5.91 Å². The number of carbonyl (C=O) groups is 1. The number of nitrogens with one attached hydrogen (secondary N) is 1. The van der Waals surface area contributed by atoms with E-state index < -0.39 is 0 Å². The summed E-state index contributed by atoms with van der Waals surface area (Å²) >= 11 is 6.06. The van der Waals surface area contributed by atoms with Gasteiger partial charge >= 0.3 is 0 Å². The third-order valence-electron chi connectivity index (χ3n) is 3.79. The van der Waals surface area contributed by atoms with E-state index in [-0.39, 0.29) is 18.1 Å². The quantitative estimate of drug-likeness (QED) is 0.811. The number of unbranched alkanes of at least 4 members (excludes halogenated alkanes) is 3.